The molecule has 0 aromatic rings. The van der Waals surface area contributed by atoms with E-state index in [4.69, 9.17) is 34.8 Å². The van der Waals surface area contributed by atoms with Gasteiger partial charge in [0, 0.05) is 6.66 Å². The Labute approximate surface area is 126 Å². The summed E-state index contributed by atoms with van der Waals surface area (Å²) in [4.78, 5) is 11.2. The molecule has 0 rings (SSSR count). The second kappa shape index (κ2) is 6.93. The molecule has 2 atom stereocenters. The normalized spacial score (nSPS) is 17.6. The summed E-state index contributed by atoms with van der Waals surface area (Å²) in [7, 11) is -8.97. The average molecular weight is 378 g/mol. The zero-order valence-electron chi connectivity index (χ0n) is 10.1. The van der Waals surface area contributed by atoms with E-state index in [0.29, 0.717) is 0 Å². The minimum absolute atomic E-state index is 0.0772. The van der Waals surface area contributed by atoms with Gasteiger partial charge in [-0.2, -0.15) is 12.4 Å². The van der Waals surface area contributed by atoms with Gasteiger partial charge in [0.15, 0.2) is 6.10 Å². The topological polar surface area (TPSA) is 96.0 Å². The average Bonchev–Trinajstić information content (AvgIpc) is 2.13. The number of esters is 1. The van der Waals surface area contributed by atoms with Crippen molar-refractivity contribution in [3.63, 3.8) is 0 Å². The molecule has 0 aromatic heterocycles. The second-order valence-corrected chi connectivity index (χ2v) is 10.1. The molecular weight excluding hydrogens is 365 g/mol. The van der Waals surface area contributed by atoms with Gasteiger partial charge in [0.25, 0.3) is 0 Å². The fourth-order valence-electron chi connectivity index (χ4n) is 0.828. The molecule has 12 heteroatoms. The van der Waals surface area contributed by atoms with Crippen molar-refractivity contribution in [2.24, 2.45) is 0 Å². The molecule has 0 heterocycles. The number of carbonyl (C=O) groups excluding carboxylic acids is 1. The Morgan fingerprint density at radius 3 is 2.21 bits per heavy atom. The third-order valence-corrected chi connectivity index (χ3v) is 6.32. The van der Waals surface area contributed by atoms with Crippen molar-refractivity contribution in [2.45, 2.75) is 23.1 Å². The molecule has 0 bridgehead atoms. The van der Waals surface area contributed by atoms with Crippen molar-refractivity contribution in [3.8, 4) is 0 Å². The third-order valence-electron chi connectivity index (χ3n) is 1.49. The van der Waals surface area contributed by atoms with Crippen molar-refractivity contribution >= 4 is 58.5 Å². The van der Waals surface area contributed by atoms with E-state index >= 15 is 0 Å². The predicted molar refractivity (Wildman–Crippen MR) is 71.0 cm³/mol. The number of ether oxygens (including phenoxy) is 1. The fourth-order valence-corrected chi connectivity index (χ4v) is 4.15. The van der Waals surface area contributed by atoms with E-state index in [9.17, 15) is 17.8 Å². The van der Waals surface area contributed by atoms with Gasteiger partial charge < -0.3 is 4.74 Å². The largest absolute Gasteiger partial charge is 0.464 e. The van der Waals surface area contributed by atoms with Crippen LogP contribution in [0.3, 0.4) is 0 Å². The standard InChI is InChI=1S/C7H12Cl3O7PS/c1-4-15-6(11)5(2)16-18(3,12)17-19(13,14)7(8,9)10/h5H,4H2,1-3H3. The zero-order chi connectivity index (χ0) is 15.5. The lowest BCUT2D eigenvalue weighted by Gasteiger charge is -2.19. The summed E-state index contributed by atoms with van der Waals surface area (Å²) in [5, 5.41) is 0. The Balaban J connectivity index is 4.84. The molecule has 0 aromatic carbocycles. The lowest BCUT2D eigenvalue weighted by molar-refractivity contribution is -0.150. The van der Waals surface area contributed by atoms with Crippen LogP contribution in [0, 0.1) is 0 Å². The Kier molecular flexibility index (Phi) is 7.09. The zero-order valence-corrected chi connectivity index (χ0v) is 14.1. The second-order valence-electron chi connectivity index (χ2n) is 3.25. The quantitative estimate of drug-likeness (QED) is 0.398. The van der Waals surface area contributed by atoms with Crippen LogP contribution in [0.2, 0.25) is 0 Å². The maximum Gasteiger partial charge on any atom is 0.343 e. The first-order chi connectivity index (χ1) is 8.32. The number of rotatable bonds is 6. The summed E-state index contributed by atoms with van der Waals surface area (Å²) in [6.07, 6.45) is -1.30. The highest BCUT2D eigenvalue weighted by atomic mass is 35.6. The maximum atomic E-state index is 11.8. The van der Waals surface area contributed by atoms with Crippen LogP contribution in [0.25, 0.3) is 0 Å². The molecule has 114 valence electrons. The lowest BCUT2D eigenvalue weighted by Crippen LogP contribution is -2.25. The van der Waals surface area contributed by atoms with Crippen LogP contribution in [0.4, 0.5) is 0 Å². The molecule has 0 radical (unpaired) electrons. The molecule has 0 saturated carbocycles. The molecule has 0 amide bonds. The molecule has 0 saturated heterocycles. The van der Waals surface area contributed by atoms with E-state index in [2.05, 4.69) is 13.2 Å². The molecule has 0 fully saturated rings. The maximum absolute atomic E-state index is 11.8. The van der Waals surface area contributed by atoms with Gasteiger partial charge in [0.1, 0.15) is 0 Å². The summed E-state index contributed by atoms with van der Waals surface area (Å²) >= 11 is 15.4. The first-order valence-corrected chi connectivity index (χ1v) is 9.30. The molecule has 7 nitrogen and oxygen atoms in total. The summed E-state index contributed by atoms with van der Waals surface area (Å²) in [5.74, 6) is -0.834. The molecule has 0 aliphatic heterocycles. The van der Waals surface area contributed by atoms with E-state index < -0.39 is 32.9 Å². The number of halogens is 3. The Bertz CT molecular complexity index is 472. The molecule has 0 aliphatic rings. The van der Waals surface area contributed by atoms with E-state index in [1.54, 1.807) is 6.92 Å². The number of alkyl halides is 3. The van der Waals surface area contributed by atoms with E-state index in [1.807, 2.05) is 0 Å². The predicted octanol–water partition coefficient (Wildman–Crippen LogP) is 2.45. The van der Waals surface area contributed by atoms with Gasteiger partial charge in [-0.1, -0.05) is 34.8 Å². The van der Waals surface area contributed by atoms with Gasteiger partial charge in [0.05, 0.1) is 6.61 Å². The smallest absolute Gasteiger partial charge is 0.343 e. The third kappa shape index (κ3) is 6.62. The molecule has 19 heavy (non-hydrogen) atoms. The van der Waals surface area contributed by atoms with E-state index in [1.165, 1.54) is 6.92 Å². The number of hydrogen-bond donors (Lipinski definition) is 0. The lowest BCUT2D eigenvalue weighted by atomic mass is 10.4. The van der Waals surface area contributed by atoms with Crippen LogP contribution >= 0.6 is 42.4 Å². The van der Waals surface area contributed by atoms with Crippen molar-refractivity contribution in [3.05, 3.63) is 0 Å². The minimum Gasteiger partial charge on any atom is -0.464 e. The number of hydrogen-bond acceptors (Lipinski definition) is 7. The van der Waals surface area contributed by atoms with Crippen LogP contribution in [0.1, 0.15) is 13.8 Å². The van der Waals surface area contributed by atoms with Crippen LogP contribution in [0.15, 0.2) is 0 Å². The van der Waals surface area contributed by atoms with Crippen molar-refractivity contribution in [2.75, 3.05) is 13.3 Å². The number of carbonyl (C=O) groups is 1. The van der Waals surface area contributed by atoms with Crippen LogP contribution in [-0.4, -0.2) is 36.9 Å². The summed E-state index contributed by atoms with van der Waals surface area (Å²) in [5.41, 5.74) is 0. The summed E-state index contributed by atoms with van der Waals surface area (Å²) in [6, 6.07) is 0. The van der Waals surface area contributed by atoms with Gasteiger partial charge in [-0.15, -0.1) is 0 Å². The highest BCUT2D eigenvalue weighted by Gasteiger charge is 2.44. The SMILES string of the molecule is CCOC(=O)C(C)OP(C)(=O)OS(=O)(=O)C(Cl)(Cl)Cl. The Morgan fingerprint density at radius 2 is 1.84 bits per heavy atom. The van der Waals surface area contributed by atoms with E-state index in [0.717, 1.165) is 6.66 Å². The monoisotopic (exact) mass is 376 g/mol. The Hall–Kier alpha value is 0.440. The van der Waals surface area contributed by atoms with Crippen LogP contribution < -0.4 is 0 Å². The highest BCUT2D eigenvalue weighted by Crippen LogP contribution is 2.51. The van der Waals surface area contributed by atoms with Gasteiger partial charge in [-0.05, 0) is 13.8 Å². The van der Waals surface area contributed by atoms with Gasteiger partial charge >= 0.3 is 26.8 Å². The first-order valence-electron chi connectivity index (χ1n) is 4.77. The molecule has 0 N–H and O–H groups in total. The molecule has 0 aliphatic carbocycles. The minimum atomic E-state index is -4.78. The first kappa shape index (κ1) is 19.4. The molecule has 0 spiro atoms. The van der Waals surface area contributed by atoms with Gasteiger partial charge in [-0.25, -0.2) is 4.79 Å². The molecule has 2 unspecified atom stereocenters. The van der Waals surface area contributed by atoms with Crippen molar-refractivity contribution in [1.82, 2.24) is 0 Å². The van der Waals surface area contributed by atoms with Crippen LogP contribution in [-0.2, 0) is 32.7 Å². The van der Waals surface area contributed by atoms with Crippen molar-refractivity contribution < 1.29 is 31.0 Å². The van der Waals surface area contributed by atoms with Gasteiger partial charge in [0.2, 0.25) is 0 Å². The summed E-state index contributed by atoms with van der Waals surface area (Å²) < 4.78 is 45.1. The van der Waals surface area contributed by atoms with Crippen LogP contribution in [0.5, 0.6) is 0 Å². The highest BCUT2D eigenvalue weighted by molar-refractivity contribution is 7.96. The van der Waals surface area contributed by atoms with Gasteiger partial charge in [-0.3, -0.25) is 9.09 Å². The Morgan fingerprint density at radius 1 is 1.37 bits per heavy atom. The summed E-state index contributed by atoms with van der Waals surface area (Å²) in [6.45, 7) is 3.66. The van der Waals surface area contributed by atoms with Crippen molar-refractivity contribution in [1.29, 1.82) is 0 Å². The molecular formula is C7H12Cl3O7PS. The fraction of sp³-hybridized carbons (Fsp3) is 0.857. The van der Waals surface area contributed by atoms with E-state index in [-0.39, 0.29) is 6.61 Å².